The fourth-order valence-electron chi connectivity index (χ4n) is 4.40. The van der Waals surface area contributed by atoms with Crippen molar-refractivity contribution in [2.45, 2.75) is 25.8 Å². The maximum atomic E-state index is 13.6. The largest absolute Gasteiger partial charge is 0.496 e. The van der Waals surface area contributed by atoms with E-state index in [9.17, 15) is 9.59 Å². The molecule has 1 aliphatic rings. The average molecular weight is 552 g/mol. The highest BCUT2D eigenvalue weighted by atomic mass is 35.5. The summed E-state index contributed by atoms with van der Waals surface area (Å²) >= 11 is 6.24. The summed E-state index contributed by atoms with van der Waals surface area (Å²) in [5.41, 5.74) is 1.81. The third-order valence-electron chi connectivity index (χ3n) is 6.25. The monoisotopic (exact) mass is 551 g/mol. The Balaban J connectivity index is 1.61. The molecule has 39 heavy (non-hydrogen) atoms. The number of methoxy groups -OCH3 is 1. The van der Waals surface area contributed by atoms with E-state index >= 15 is 0 Å². The minimum Gasteiger partial charge on any atom is -0.496 e. The van der Waals surface area contributed by atoms with Crippen LogP contribution >= 0.6 is 11.6 Å². The molecule has 0 radical (unpaired) electrons. The van der Waals surface area contributed by atoms with Crippen LogP contribution in [0, 0.1) is 0 Å². The van der Waals surface area contributed by atoms with Gasteiger partial charge < -0.3 is 29.3 Å². The minimum absolute atomic E-state index is 0.118. The molecule has 206 valence electrons. The van der Waals surface area contributed by atoms with Crippen LogP contribution < -0.4 is 19.5 Å². The first-order valence-electron chi connectivity index (χ1n) is 12.9. The van der Waals surface area contributed by atoms with Crippen molar-refractivity contribution in [3.63, 3.8) is 0 Å². The first kappa shape index (κ1) is 28.3. The zero-order chi connectivity index (χ0) is 27.8. The number of rotatable bonds is 4. The van der Waals surface area contributed by atoms with Gasteiger partial charge in [0.2, 0.25) is 5.91 Å². The number of nitrogens with one attached hydrogen (secondary N) is 1. The molecule has 0 spiro atoms. The number of para-hydroxylation sites is 2. The predicted molar refractivity (Wildman–Crippen MR) is 152 cm³/mol. The van der Waals surface area contributed by atoms with E-state index in [1.54, 1.807) is 42.3 Å². The number of ether oxygens (including phenoxy) is 3. The number of carbonyl (C=O) groups excluding carboxylic acids is 2. The van der Waals surface area contributed by atoms with Gasteiger partial charge in [0.25, 0.3) is 5.91 Å². The van der Waals surface area contributed by atoms with Crippen molar-refractivity contribution in [1.29, 1.82) is 0 Å². The number of fused-ring (bicyclic) bond motifs is 2. The highest BCUT2D eigenvalue weighted by molar-refractivity contribution is 6.31. The van der Waals surface area contributed by atoms with Gasteiger partial charge in [0.15, 0.2) is 17.2 Å². The lowest BCUT2D eigenvalue weighted by molar-refractivity contribution is -0.116. The standard InChI is InChI=1S/C30H34ClN3O5/c1-33(2)19-22-17-21(11-13-25(22)37-3)30(36)34-15-7-4-8-16-38-27-9-5-6-10-28(27)39-26-14-12-23(31)18-24(26)32-29(35)20-34/h5-6,9-14,17-18H,4,7-8,15-16,19-20H2,1-3H3,(H,32,35). The lowest BCUT2D eigenvalue weighted by Gasteiger charge is -2.23. The number of anilines is 1. The van der Waals surface area contributed by atoms with Crippen LogP contribution in [0.2, 0.25) is 5.02 Å². The number of benzene rings is 3. The summed E-state index contributed by atoms with van der Waals surface area (Å²) in [6.45, 7) is 1.43. The Bertz CT molecular complexity index is 1310. The van der Waals surface area contributed by atoms with Gasteiger partial charge >= 0.3 is 0 Å². The second-order valence-corrected chi connectivity index (χ2v) is 10.1. The molecule has 1 N–H and O–H groups in total. The van der Waals surface area contributed by atoms with Crippen molar-refractivity contribution >= 4 is 29.1 Å². The van der Waals surface area contributed by atoms with Crippen LogP contribution in [0.4, 0.5) is 5.69 Å². The summed E-state index contributed by atoms with van der Waals surface area (Å²) in [6, 6.07) is 17.8. The second-order valence-electron chi connectivity index (χ2n) is 9.64. The molecule has 8 nitrogen and oxygen atoms in total. The molecule has 3 aromatic rings. The first-order chi connectivity index (χ1) is 18.8. The summed E-state index contributed by atoms with van der Waals surface area (Å²) in [5.74, 6) is 1.71. The Morgan fingerprint density at radius 2 is 1.82 bits per heavy atom. The SMILES string of the molecule is COc1ccc(C(=O)N2CCCCCOc3ccccc3Oc3ccc(Cl)cc3NC(=O)C2)cc1CN(C)C. The van der Waals surface area contributed by atoms with E-state index in [1.165, 1.54) is 0 Å². The van der Waals surface area contributed by atoms with Gasteiger partial charge in [0.1, 0.15) is 12.3 Å². The molecule has 0 bridgehead atoms. The Kier molecular flexibility index (Phi) is 9.68. The Morgan fingerprint density at radius 1 is 1.03 bits per heavy atom. The molecule has 0 aliphatic carbocycles. The number of carbonyl (C=O) groups is 2. The molecule has 3 aromatic carbocycles. The van der Waals surface area contributed by atoms with Crippen LogP contribution in [0.3, 0.4) is 0 Å². The summed E-state index contributed by atoms with van der Waals surface area (Å²) in [4.78, 5) is 30.5. The van der Waals surface area contributed by atoms with Gasteiger partial charge in [-0.15, -0.1) is 0 Å². The van der Waals surface area contributed by atoms with E-state index in [1.807, 2.05) is 49.3 Å². The van der Waals surface area contributed by atoms with Crippen molar-refractivity contribution in [2.75, 3.05) is 46.2 Å². The number of hydrogen-bond donors (Lipinski definition) is 1. The maximum absolute atomic E-state index is 13.6. The summed E-state index contributed by atoms with van der Waals surface area (Å²) in [7, 11) is 5.52. The van der Waals surface area contributed by atoms with Crippen LogP contribution in [0.1, 0.15) is 35.2 Å². The molecule has 4 rings (SSSR count). The molecule has 0 saturated carbocycles. The van der Waals surface area contributed by atoms with Crippen LogP contribution in [0.5, 0.6) is 23.0 Å². The first-order valence-corrected chi connectivity index (χ1v) is 13.3. The summed E-state index contributed by atoms with van der Waals surface area (Å²) in [5, 5.41) is 3.33. The fourth-order valence-corrected chi connectivity index (χ4v) is 4.57. The van der Waals surface area contributed by atoms with E-state index in [-0.39, 0.29) is 18.4 Å². The van der Waals surface area contributed by atoms with Crippen molar-refractivity contribution in [3.8, 4) is 23.0 Å². The molecule has 0 fully saturated rings. The zero-order valence-corrected chi connectivity index (χ0v) is 23.3. The molecule has 0 unspecified atom stereocenters. The molecule has 1 heterocycles. The number of nitrogens with zero attached hydrogens (tertiary/aromatic N) is 2. The van der Waals surface area contributed by atoms with Crippen LogP contribution in [-0.2, 0) is 11.3 Å². The van der Waals surface area contributed by atoms with Gasteiger partial charge in [-0.25, -0.2) is 0 Å². The second kappa shape index (κ2) is 13.4. The van der Waals surface area contributed by atoms with E-state index in [0.29, 0.717) is 59.0 Å². The molecule has 1 aliphatic heterocycles. The molecule has 0 aromatic heterocycles. The summed E-state index contributed by atoms with van der Waals surface area (Å²) in [6.07, 6.45) is 2.35. The van der Waals surface area contributed by atoms with E-state index in [2.05, 4.69) is 5.32 Å². The molecule has 9 heteroatoms. The van der Waals surface area contributed by atoms with Crippen molar-refractivity contribution < 1.29 is 23.8 Å². The zero-order valence-electron chi connectivity index (χ0n) is 22.5. The molecule has 2 amide bonds. The quantitative estimate of drug-likeness (QED) is 0.438. The van der Waals surface area contributed by atoms with Crippen molar-refractivity contribution in [1.82, 2.24) is 9.80 Å². The van der Waals surface area contributed by atoms with Gasteiger partial charge in [-0.3, -0.25) is 9.59 Å². The van der Waals surface area contributed by atoms with Crippen LogP contribution in [0.25, 0.3) is 0 Å². The van der Waals surface area contributed by atoms with Crippen molar-refractivity contribution in [2.24, 2.45) is 0 Å². The molecular formula is C30H34ClN3O5. The highest BCUT2D eigenvalue weighted by Crippen LogP contribution is 2.36. The normalized spacial score (nSPS) is 14.6. The van der Waals surface area contributed by atoms with Crippen molar-refractivity contribution in [3.05, 3.63) is 76.8 Å². The van der Waals surface area contributed by atoms with E-state index < -0.39 is 0 Å². The number of hydrogen-bond acceptors (Lipinski definition) is 6. The third kappa shape index (κ3) is 7.65. The van der Waals surface area contributed by atoms with Crippen LogP contribution in [0.15, 0.2) is 60.7 Å². The molecular weight excluding hydrogens is 518 g/mol. The minimum atomic E-state index is -0.350. The van der Waals surface area contributed by atoms with Gasteiger partial charge in [0.05, 0.1) is 19.4 Å². The topological polar surface area (TPSA) is 80.3 Å². The average Bonchev–Trinajstić information content (AvgIpc) is 2.91. The lowest BCUT2D eigenvalue weighted by atomic mass is 10.1. The van der Waals surface area contributed by atoms with Gasteiger partial charge in [0, 0.05) is 29.2 Å². The smallest absolute Gasteiger partial charge is 0.254 e. The van der Waals surface area contributed by atoms with E-state index in [4.69, 9.17) is 25.8 Å². The van der Waals surface area contributed by atoms with Gasteiger partial charge in [-0.05, 0) is 81.9 Å². The lowest BCUT2D eigenvalue weighted by Crippen LogP contribution is -2.38. The van der Waals surface area contributed by atoms with Gasteiger partial charge in [-0.1, -0.05) is 23.7 Å². The predicted octanol–water partition coefficient (Wildman–Crippen LogP) is 5.85. The Labute approximate surface area is 234 Å². The fraction of sp³-hybridized carbons (Fsp3) is 0.333. The summed E-state index contributed by atoms with van der Waals surface area (Å²) < 4.78 is 17.6. The maximum Gasteiger partial charge on any atom is 0.254 e. The van der Waals surface area contributed by atoms with E-state index in [0.717, 1.165) is 24.8 Å². The Morgan fingerprint density at radius 3 is 2.59 bits per heavy atom. The highest BCUT2D eigenvalue weighted by Gasteiger charge is 2.22. The molecule has 0 atom stereocenters. The number of halogens is 1. The Hall–Kier alpha value is -3.75. The molecule has 0 saturated heterocycles. The van der Waals surface area contributed by atoms with Gasteiger partial charge in [-0.2, -0.15) is 0 Å². The van der Waals surface area contributed by atoms with Crippen LogP contribution in [-0.4, -0.2) is 62.5 Å². The number of amides is 2. The third-order valence-corrected chi connectivity index (χ3v) is 6.49.